The highest BCUT2D eigenvalue weighted by atomic mass is 16.7. The number of carbonyl (C=O) groups excluding carboxylic acids is 3. The minimum Gasteiger partial charge on any atom is -0.481 e. The summed E-state index contributed by atoms with van der Waals surface area (Å²) in [5, 5.41) is 15.2. The zero-order valence-electron chi connectivity index (χ0n) is 28.3. The molecule has 0 radical (unpaired) electrons. The van der Waals surface area contributed by atoms with Crippen molar-refractivity contribution in [2.45, 2.75) is 65.1 Å². The van der Waals surface area contributed by atoms with Crippen molar-refractivity contribution in [3.05, 3.63) is 120 Å². The third-order valence-corrected chi connectivity index (χ3v) is 7.88. The van der Waals surface area contributed by atoms with E-state index in [-0.39, 0.29) is 19.3 Å². The molecule has 49 heavy (non-hydrogen) atoms. The first-order chi connectivity index (χ1) is 23.4. The quantitative estimate of drug-likeness (QED) is 0.101. The first-order valence-corrected chi connectivity index (χ1v) is 16.3. The molecule has 1 amide bonds. The lowest BCUT2D eigenvalue weighted by Gasteiger charge is -2.26. The van der Waals surface area contributed by atoms with Crippen molar-refractivity contribution in [1.29, 1.82) is 0 Å². The zero-order chi connectivity index (χ0) is 35.4. The van der Waals surface area contributed by atoms with Crippen molar-refractivity contribution in [2.75, 3.05) is 6.79 Å². The van der Waals surface area contributed by atoms with Crippen molar-refractivity contribution in [1.82, 2.24) is 10.6 Å². The van der Waals surface area contributed by atoms with Crippen LogP contribution in [-0.2, 0) is 41.5 Å². The van der Waals surface area contributed by atoms with Crippen molar-refractivity contribution >= 4 is 23.8 Å². The zero-order valence-corrected chi connectivity index (χ0v) is 28.3. The largest absolute Gasteiger partial charge is 0.481 e. The molecule has 0 aromatic heterocycles. The van der Waals surface area contributed by atoms with E-state index in [9.17, 15) is 24.3 Å². The fraction of sp³-hybridized carbons (Fsp3) is 0.300. The van der Waals surface area contributed by atoms with Crippen LogP contribution in [0.4, 0.5) is 0 Å². The summed E-state index contributed by atoms with van der Waals surface area (Å²) in [5.41, 5.74) is 4.98. The lowest BCUT2D eigenvalue weighted by molar-refractivity contribution is -0.174. The van der Waals surface area contributed by atoms with Gasteiger partial charge in [0.1, 0.15) is 6.04 Å². The minimum absolute atomic E-state index is 0.169. The molecule has 4 rings (SSSR count). The fourth-order valence-corrected chi connectivity index (χ4v) is 5.19. The number of hydrogen-bond acceptors (Lipinski definition) is 7. The highest BCUT2D eigenvalue weighted by Crippen LogP contribution is 2.22. The fourth-order valence-electron chi connectivity index (χ4n) is 5.19. The van der Waals surface area contributed by atoms with Gasteiger partial charge in [-0.2, -0.15) is 0 Å². The monoisotopic (exact) mass is 664 g/mol. The van der Waals surface area contributed by atoms with Crippen LogP contribution in [0.5, 0.6) is 0 Å². The molecule has 3 atom stereocenters. The van der Waals surface area contributed by atoms with Gasteiger partial charge >= 0.3 is 17.9 Å². The summed E-state index contributed by atoms with van der Waals surface area (Å²) in [6.07, 6.45) is 0.113. The second-order valence-electron chi connectivity index (χ2n) is 13.1. The van der Waals surface area contributed by atoms with Gasteiger partial charge < -0.3 is 19.9 Å². The van der Waals surface area contributed by atoms with Crippen molar-refractivity contribution in [3.8, 4) is 22.3 Å². The number of aliphatic carboxylic acids is 1. The minimum atomic E-state index is -1.04. The van der Waals surface area contributed by atoms with Gasteiger partial charge in [-0.25, -0.2) is 0 Å². The third-order valence-electron chi connectivity index (χ3n) is 7.88. The lowest BCUT2D eigenvalue weighted by atomic mass is 9.97. The lowest BCUT2D eigenvalue weighted by Crippen LogP contribution is -2.54. The number of rotatable bonds is 15. The van der Waals surface area contributed by atoms with Crippen molar-refractivity contribution < 1.29 is 33.8 Å². The standard InChI is InChI=1S/C40H44N2O7/c1-27(23-36(43)44)41-37(45)34(24-28-15-19-32(20-16-28)30-11-7-5-8-12-30)42-35(38(46)48-26-49-39(47)40(2,3)4)25-29-17-21-33(22-18-29)31-13-9-6-10-14-31/h5-22,27,34-35,42H,23-26H2,1-4H3,(H,41,45)(H,43,44)/t27-,34+,35?/m1/s1. The topological polar surface area (TPSA) is 131 Å². The van der Waals surface area contributed by atoms with Gasteiger partial charge in [0, 0.05) is 6.04 Å². The molecule has 0 saturated carbocycles. The Morgan fingerprint density at radius 3 is 1.55 bits per heavy atom. The SMILES string of the molecule is C[C@H](CC(=O)O)NC(=O)[C@H](Cc1ccc(-c2ccccc2)cc1)NC(Cc1ccc(-c2ccccc2)cc1)C(=O)OCOC(=O)C(C)(C)C. The normalized spacial score (nSPS) is 13.1. The number of amides is 1. The highest BCUT2D eigenvalue weighted by molar-refractivity contribution is 5.85. The molecule has 0 fully saturated rings. The summed E-state index contributed by atoms with van der Waals surface area (Å²) in [4.78, 5) is 50.9. The predicted molar refractivity (Wildman–Crippen MR) is 188 cm³/mol. The van der Waals surface area contributed by atoms with Crippen LogP contribution in [0, 0.1) is 5.41 Å². The van der Waals surface area contributed by atoms with Crippen LogP contribution in [0.15, 0.2) is 109 Å². The molecule has 0 bridgehead atoms. The van der Waals surface area contributed by atoms with E-state index in [1.54, 1.807) is 27.7 Å². The first kappa shape index (κ1) is 36.6. The van der Waals surface area contributed by atoms with Gasteiger partial charge in [0.15, 0.2) is 0 Å². The molecule has 3 N–H and O–H groups in total. The number of benzene rings is 4. The third kappa shape index (κ3) is 11.4. The van der Waals surface area contributed by atoms with E-state index in [2.05, 4.69) is 10.6 Å². The Labute approximate surface area is 287 Å². The van der Waals surface area contributed by atoms with Crippen molar-refractivity contribution in [3.63, 3.8) is 0 Å². The van der Waals surface area contributed by atoms with Gasteiger partial charge in [0.2, 0.25) is 12.7 Å². The van der Waals surface area contributed by atoms with E-state index in [1.807, 2.05) is 109 Å². The van der Waals surface area contributed by atoms with Crippen LogP contribution in [0.1, 0.15) is 45.2 Å². The second-order valence-corrected chi connectivity index (χ2v) is 13.1. The van der Waals surface area contributed by atoms with Gasteiger partial charge in [0.25, 0.3) is 0 Å². The molecule has 0 aliphatic carbocycles. The molecular formula is C40H44N2O7. The maximum atomic E-state index is 13.7. The smallest absolute Gasteiger partial charge is 0.326 e. The molecule has 9 heteroatoms. The van der Waals surface area contributed by atoms with Gasteiger partial charge in [-0.05, 0) is 73.9 Å². The number of carboxylic acid groups (broad SMARTS) is 1. The van der Waals surface area contributed by atoms with E-state index < -0.39 is 54.1 Å². The van der Waals surface area contributed by atoms with Gasteiger partial charge in [-0.15, -0.1) is 0 Å². The Morgan fingerprint density at radius 2 is 1.10 bits per heavy atom. The first-order valence-electron chi connectivity index (χ1n) is 16.3. The summed E-state index contributed by atoms with van der Waals surface area (Å²) >= 11 is 0. The number of hydrogen-bond donors (Lipinski definition) is 3. The molecule has 1 unspecified atom stereocenters. The number of carbonyl (C=O) groups is 4. The van der Waals surface area contributed by atoms with E-state index >= 15 is 0 Å². The average molecular weight is 665 g/mol. The van der Waals surface area contributed by atoms with Crippen LogP contribution >= 0.6 is 0 Å². The van der Waals surface area contributed by atoms with E-state index in [1.165, 1.54) is 0 Å². The summed E-state index contributed by atoms with van der Waals surface area (Å²) < 4.78 is 10.6. The predicted octanol–water partition coefficient (Wildman–Crippen LogP) is 6.20. The van der Waals surface area contributed by atoms with Gasteiger partial charge in [-0.1, -0.05) is 109 Å². The Bertz CT molecular complexity index is 1680. The molecule has 4 aromatic carbocycles. The summed E-state index contributed by atoms with van der Waals surface area (Å²) in [6.45, 7) is 6.12. The van der Waals surface area contributed by atoms with Crippen LogP contribution in [0.25, 0.3) is 22.3 Å². The molecule has 9 nitrogen and oxygen atoms in total. The Morgan fingerprint density at radius 1 is 0.653 bits per heavy atom. The Kier molecular flexibility index (Phi) is 12.8. The van der Waals surface area contributed by atoms with Crippen LogP contribution in [-0.4, -0.2) is 53.8 Å². The summed E-state index contributed by atoms with van der Waals surface area (Å²) in [5.74, 6) is -2.73. The van der Waals surface area contributed by atoms with Crippen molar-refractivity contribution in [2.24, 2.45) is 5.41 Å². The average Bonchev–Trinajstić information content (AvgIpc) is 3.08. The molecule has 0 spiro atoms. The van der Waals surface area contributed by atoms with Crippen LogP contribution in [0.2, 0.25) is 0 Å². The van der Waals surface area contributed by atoms with Gasteiger partial charge in [-0.3, -0.25) is 24.5 Å². The van der Waals surface area contributed by atoms with Crippen LogP contribution < -0.4 is 10.6 Å². The molecular weight excluding hydrogens is 620 g/mol. The van der Waals surface area contributed by atoms with E-state index in [0.717, 1.165) is 33.4 Å². The second kappa shape index (κ2) is 17.2. The molecule has 0 saturated heterocycles. The highest BCUT2D eigenvalue weighted by Gasteiger charge is 2.30. The molecule has 0 aliphatic rings. The maximum absolute atomic E-state index is 13.7. The summed E-state index contributed by atoms with van der Waals surface area (Å²) in [6, 6.07) is 32.7. The molecule has 0 heterocycles. The Balaban J connectivity index is 1.58. The van der Waals surface area contributed by atoms with Crippen LogP contribution in [0.3, 0.4) is 0 Å². The molecule has 0 aliphatic heterocycles. The molecule has 4 aromatic rings. The molecule has 256 valence electrons. The number of carboxylic acids is 1. The number of esters is 2. The maximum Gasteiger partial charge on any atom is 0.326 e. The van der Waals surface area contributed by atoms with E-state index in [0.29, 0.717) is 0 Å². The van der Waals surface area contributed by atoms with E-state index in [4.69, 9.17) is 9.47 Å². The number of ether oxygens (including phenoxy) is 2. The number of nitrogens with one attached hydrogen (secondary N) is 2. The Hall–Kier alpha value is -5.28. The van der Waals surface area contributed by atoms with Gasteiger partial charge in [0.05, 0.1) is 17.9 Å². The summed E-state index contributed by atoms with van der Waals surface area (Å²) in [7, 11) is 0.